The molecule has 19 heavy (non-hydrogen) atoms. The first-order chi connectivity index (χ1) is 9.25. The van der Waals surface area contributed by atoms with Crippen LogP contribution in [-0.4, -0.2) is 46.7 Å². The van der Waals surface area contributed by atoms with Crippen molar-refractivity contribution >= 4 is 0 Å². The largest absolute Gasteiger partial charge is 0.334 e. The van der Waals surface area contributed by atoms with Crippen LogP contribution in [-0.2, 0) is 0 Å². The van der Waals surface area contributed by atoms with Crippen LogP contribution in [0.5, 0.6) is 0 Å². The van der Waals surface area contributed by atoms with Crippen LogP contribution in [0.3, 0.4) is 0 Å². The Labute approximate surface area is 109 Å². The van der Waals surface area contributed by atoms with Gasteiger partial charge in [-0.3, -0.25) is 9.88 Å². The molecule has 0 aliphatic carbocycles. The van der Waals surface area contributed by atoms with E-state index in [1.54, 1.807) is 0 Å². The van der Waals surface area contributed by atoms with Crippen molar-refractivity contribution in [2.45, 2.75) is 6.04 Å². The van der Waals surface area contributed by atoms with Gasteiger partial charge >= 0.3 is 0 Å². The van der Waals surface area contributed by atoms with Crippen molar-refractivity contribution in [3.63, 3.8) is 0 Å². The third kappa shape index (κ3) is 2.34. The topological polar surface area (TPSA) is 67.1 Å². The Balaban J connectivity index is 1.89. The predicted molar refractivity (Wildman–Crippen MR) is 65.7 cm³/mol. The van der Waals surface area contributed by atoms with Crippen LogP contribution in [0.4, 0.5) is 4.39 Å². The first-order valence-corrected chi connectivity index (χ1v) is 6.10. The van der Waals surface area contributed by atoms with Gasteiger partial charge in [0.15, 0.2) is 11.6 Å². The number of pyridine rings is 1. The Hall–Kier alpha value is -1.86. The molecule has 1 N–H and O–H groups in total. The minimum atomic E-state index is -0.465. The van der Waals surface area contributed by atoms with Crippen LogP contribution in [0, 0.1) is 5.82 Å². The number of nitrogens with zero attached hydrogens (tertiary/aromatic N) is 4. The lowest BCUT2D eigenvalue weighted by Gasteiger charge is -2.30. The summed E-state index contributed by atoms with van der Waals surface area (Å²) in [5.74, 6) is 0.294. The molecule has 3 rings (SSSR count). The Morgan fingerprint density at radius 1 is 1.53 bits per heavy atom. The van der Waals surface area contributed by atoms with Gasteiger partial charge in [0.05, 0.1) is 17.8 Å². The summed E-state index contributed by atoms with van der Waals surface area (Å²) >= 11 is 0. The summed E-state index contributed by atoms with van der Waals surface area (Å²) in [6.07, 6.45) is 2.63. The third-order valence-corrected chi connectivity index (χ3v) is 3.25. The van der Waals surface area contributed by atoms with Gasteiger partial charge < -0.3 is 9.84 Å². The van der Waals surface area contributed by atoms with Crippen molar-refractivity contribution in [3.05, 3.63) is 30.1 Å². The number of aromatic nitrogens is 3. The number of piperazine rings is 1. The second kappa shape index (κ2) is 5.02. The highest BCUT2D eigenvalue weighted by atomic mass is 19.1. The standard InChI is InChI=1S/C12H14FN5O/c1-18-5-4-15-7-10(18)11-16-12(19-17-11)8-2-3-14-6-9(8)13/h2-3,6,10,15H,4-5,7H2,1H3. The van der Waals surface area contributed by atoms with E-state index in [9.17, 15) is 4.39 Å². The van der Waals surface area contributed by atoms with Crippen LogP contribution in [0.25, 0.3) is 11.5 Å². The third-order valence-electron chi connectivity index (χ3n) is 3.25. The molecule has 0 aromatic carbocycles. The maximum Gasteiger partial charge on any atom is 0.261 e. The van der Waals surface area contributed by atoms with E-state index in [-0.39, 0.29) is 17.5 Å². The van der Waals surface area contributed by atoms with Crippen LogP contribution in [0.15, 0.2) is 23.0 Å². The molecule has 100 valence electrons. The molecule has 7 heteroatoms. The second-order valence-electron chi connectivity index (χ2n) is 4.51. The molecule has 0 saturated carbocycles. The maximum absolute atomic E-state index is 13.6. The van der Waals surface area contributed by atoms with Crippen LogP contribution in [0.1, 0.15) is 11.9 Å². The highest BCUT2D eigenvalue weighted by Crippen LogP contribution is 2.23. The molecule has 1 aliphatic heterocycles. The number of hydrogen-bond acceptors (Lipinski definition) is 6. The number of nitrogens with one attached hydrogen (secondary N) is 1. The fraction of sp³-hybridized carbons (Fsp3) is 0.417. The van der Waals surface area contributed by atoms with Gasteiger partial charge in [0.1, 0.15) is 0 Å². The van der Waals surface area contributed by atoms with Gasteiger partial charge in [-0.2, -0.15) is 4.98 Å². The average Bonchev–Trinajstić information content (AvgIpc) is 2.89. The molecule has 1 atom stereocenters. The van der Waals surface area contributed by atoms with E-state index in [2.05, 4.69) is 25.3 Å². The zero-order valence-corrected chi connectivity index (χ0v) is 10.5. The van der Waals surface area contributed by atoms with E-state index in [1.165, 1.54) is 12.3 Å². The number of hydrogen-bond donors (Lipinski definition) is 1. The molecule has 2 aromatic heterocycles. The van der Waals surface area contributed by atoms with Gasteiger partial charge in [0.2, 0.25) is 0 Å². The van der Waals surface area contributed by atoms with Crippen molar-refractivity contribution in [3.8, 4) is 11.5 Å². The first-order valence-electron chi connectivity index (χ1n) is 6.10. The zero-order chi connectivity index (χ0) is 13.2. The van der Waals surface area contributed by atoms with Gasteiger partial charge in [0, 0.05) is 25.8 Å². The Morgan fingerprint density at radius 3 is 3.21 bits per heavy atom. The van der Waals surface area contributed by atoms with E-state index >= 15 is 0 Å². The normalized spacial score (nSPS) is 20.6. The van der Waals surface area contributed by atoms with Crippen LogP contribution < -0.4 is 5.32 Å². The summed E-state index contributed by atoms with van der Waals surface area (Å²) in [6, 6.07) is 1.58. The molecule has 1 fully saturated rings. The molecular formula is C12H14FN5O. The maximum atomic E-state index is 13.6. The van der Waals surface area contributed by atoms with E-state index in [0.717, 1.165) is 25.8 Å². The predicted octanol–water partition coefficient (Wildman–Crippen LogP) is 0.847. The lowest BCUT2D eigenvalue weighted by Crippen LogP contribution is -2.44. The van der Waals surface area contributed by atoms with Gasteiger partial charge in [-0.15, -0.1) is 0 Å². The molecule has 0 spiro atoms. The Kier molecular flexibility index (Phi) is 3.22. The smallest absolute Gasteiger partial charge is 0.261 e. The minimum absolute atomic E-state index is 0.0520. The van der Waals surface area contributed by atoms with Gasteiger partial charge in [-0.05, 0) is 13.1 Å². The summed E-state index contributed by atoms with van der Waals surface area (Å²) in [6.45, 7) is 2.61. The molecule has 1 unspecified atom stereocenters. The molecule has 1 aliphatic rings. The second-order valence-corrected chi connectivity index (χ2v) is 4.51. The highest BCUT2D eigenvalue weighted by Gasteiger charge is 2.25. The molecule has 0 radical (unpaired) electrons. The Bertz CT molecular complexity index is 573. The van der Waals surface area contributed by atoms with Crippen molar-refractivity contribution in [1.82, 2.24) is 25.3 Å². The molecular weight excluding hydrogens is 249 g/mol. The van der Waals surface area contributed by atoms with Crippen molar-refractivity contribution in [1.29, 1.82) is 0 Å². The van der Waals surface area contributed by atoms with Crippen LogP contribution >= 0.6 is 0 Å². The summed E-state index contributed by atoms with van der Waals surface area (Å²) in [7, 11) is 2.01. The molecule has 6 nitrogen and oxygen atoms in total. The highest BCUT2D eigenvalue weighted by molar-refractivity contribution is 5.52. The molecule has 1 saturated heterocycles. The van der Waals surface area contributed by atoms with E-state index in [0.29, 0.717) is 5.82 Å². The number of likely N-dealkylation sites (N-methyl/N-ethyl adjacent to an activating group) is 1. The van der Waals surface area contributed by atoms with Crippen molar-refractivity contribution < 1.29 is 8.91 Å². The SMILES string of the molecule is CN1CCNCC1c1noc(-c2ccncc2F)n1. The van der Waals surface area contributed by atoms with E-state index in [4.69, 9.17) is 4.52 Å². The monoisotopic (exact) mass is 263 g/mol. The summed E-state index contributed by atoms with van der Waals surface area (Å²) < 4.78 is 18.7. The Morgan fingerprint density at radius 2 is 2.42 bits per heavy atom. The fourth-order valence-electron chi connectivity index (χ4n) is 2.12. The molecule has 3 heterocycles. The lowest BCUT2D eigenvalue weighted by molar-refractivity contribution is 0.190. The van der Waals surface area contributed by atoms with E-state index < -0.39 is 5.82 Å². The van der Waals surface area contributed by atoms with Crippen molar-refractivity contribution in [2.24, 2.45) is 0 Å². The molecule has 0 amide bonds. The lowest BCUT2D eigenvalue weighted by atomic mass is 10.2. The molecule has 2 aromatic rings. The quantitative estimate of drug-likeness (QED) is 0.866. The summed E-state index contributed by atoms with van der Waals surface area (Å²) in [5, 5.41) is 7.23. The number of rotatable bonds is 2. The molecule has 0 bridgehead atoms. The van der Waals surface area contributed by atoms with Gasteiger partial charge in [-0.1, -0.05) is 5.16 Å². The minimum Gasteiger partial charge on any atom is -0.334 e. The fourth-order valence-corrected chi connectivity index (χ4v) is 2.12. The first kappa shape index (κ1) is 12.2. The average molecular weight is 263 g/mol. The van der Waals surface area contributed by atoms with E-state index in [1.807, 2.05) is 7.05 Å². The van der Waals surface area contributed by atoms with Gasteiger partial charge in [0.25, 0.3) is 5.89 Å². The van der Waals surface area contributed by atoms with Crippen LogP contribution in [0.2, 0.25) is 0 Å². The number of halogens is 1. The summed E-state index contributed by atoms with van der Waals surface area (Å²) in [5.41, 5.74) is 0.278. The summed E-state index contributed by atoms with van der Waals surface area (Å²) in [4.78, 5) is 10.1. The van der Waals surface area contributed by atoms with Crippen molar-refractivity contribution in [2.75, 3.05) is 26.7 Å². The van der Waals surface area contributed by atoms with Gasteiger partial charge in [-0.25, -0.2) is 4.39 Å². The zero-order valence-electron chi connectivity index (χ0n) is 10.5.